The molecule has 0 spiro atoms. The van der Waals surface area contributed by atoms with Gasteiger partial charge in [0.2, 0.25) is 0 Å². The fourth-order valence-corrected chi connectivity index (χ4v) is 2.34. The summed E-state index contributed by atoms with van der Waals surface area (Å²) in [6.45, 7) is 1.47. The molecule has 0 amide bonds. The zero-order valence-electron chi connectivity index (χ0n) is 9.78. The Morgan fingerprint density at radius 3 is 3.00 bits per heavy atom. The van der Waals surface area contributed by atoms with Crippen molar-refractivity contribution in [1.82, 2.24) is 24.5 Å². The maximum atomic E-state index is 5.50. The van der Waals surface area contributed by atoms with Crippen LogP contribution in [0.25, 0.3) is 0 Å². The van der Waals surface area contributed by atoms with Gasteiger partial charge in [0.05, 0.1) is 6.54 Å². The first kappa shape index (κ1) is 12.1. The molecule has 0 saturated carbocycles. The quantitative estimate of drug-likeness (QED) is 0.749. The Bertz CT molecular complexity index is 449. The third-order valence-electron chi connectivity index (χ3n) is 2.40. The number of nitrogens with two attached hydrogens (primary N) is 1. The summed E-state index contributed by atoms with van der Waals surface area (Å²) in [7, 11) is 1.97. The molecule has 0 aliphatic rings. The largest absolute Gasteiger partial charge is 0.330 e. The molecule has 0 aromatic carbocycles. The summed E-state index contributed by atoms with van der Waals surface area (Å²) in [6.07, 6.45) is 4.51. The van der Waals surface area contributed by atoms with E-state index in [-0.39, 0.29) is 0 Å². The Kier molecular flexibility index (Phi) is 4.16. The van der Waals surface area contributed by atoms with Gasteiger partial charge in [-0.3, -0.25) is 4.68 Å². The van der Waals surface area contributed by atoms with E-state index in [1.165, 1.54) is 0 Å². The van der Waals surface area contributed by atoms with Gasteiger partial charge in [0.25, 0.3) is 0 Å². The number of aromatic nitrogens is 5. The van der Waals surface area contributed by atoms with E-state index in [0.29, 0.717) is 6.54 Å². The first-order valence-electron chi connectivity index (χ1n) is 5.50. The van der Waals surface area contributed by atoms with Crippen LogP contribution in [0.4, 0.5) is 0 Å². The second-order valence-corrected chi connectivity index (χ2v) is 4.68. The summed E-state index contributed by atoms with van der Waals surface area (Å²) in [5.74, 6) is 1.87. The van der Waals surface area contributed by atoms with Crippen LogP contribution >= 0.6 is 11.8 Å². The summed E-state index contributed by atoms with van der Waals surface area (Å²) in [4.78, 5) is 0. The minimum atomic E-state index is 0.601. The maximum absolute atomic E-state index is 5.50. The van der Waals surface area contributed by atoms with Crippen molar-refractivity contribution in [1.29, 1.82) is 0 Å². The molecule has 0 aliphatic carbocycles. The van der Waals surface area contributed by atoms with Gasteiger partial charge in [0, 0.05) is 31.6 Å². The SMILES string of the molecule is Cn1c(CCN)nnc1SCCn1cccn1. The van der Waals surface area contributed by atoms with Crippen LogP contribution in [0.2, 0.25) is 0 Å². The topological polar surface area (TPSA) is 74.6 Å². The maximum Gasteiger partial charge on any atom is 0.191 e. The normalized spacial score (nSPS) is 10.9. The van der Waals surface area contributed by atoms with Gasteiger partial charge in [-0.2, -0.15) is 5.10 Å². The summed E-state index contributed by atoms with van der Waals surface area (Å²) in [5.41, 5.74) is 5.50. The van der Waals surface area contributed by atoms with Gasteiger partial charge in [0.15, 0.2) is 5.16 Å². The van der Waals surface area contributed by atoms with Crippen LogP contribution in [-0.2, 0) is 20.0 Å². The molecule has 6 nitrogen and oxygen atoms in total. The Morgan fingerprint density at radius 1 is 1.41 bits per heavy atom. The van der Waals surface area contributed by atoms with Crippen LogP contribution in [0.3, 0.4) is 0 Å². The van der Waals surface area contributed by atoms with Crippen molar-refractivity contribution in [3.8, 4) is 0 Å². The fraction of sp³-hybridized carbons (Fsp3) is 0.500. The number of thioether (sulfide) groups is 1. The van der Waals surface area contributed by atoms with Crippen molar-refractivity contribution in [2.24, 2.45) is 12.8 Å². The van der Waals surface area contributed by atoms with Crippen molar-refractivity contribution < 1.29 is 0 Å². The molecule has 0 fully saturated rings. The average Bonchev–Trinajstić information content (AvgIpc) is 2.94. The number of hydrogen-bond donors (Lipinski definition) is 1. The van der Waals surface area contributed by atoms with Crippen LogP contribution in [-0.4, -0.2) is 36.8 Å². The second-order valence-electron chi connectivity index (χ2n) is 3.61. The van der Waals surface area contributed by atoms with Crippen LogP contribution in [0.5, 0.6) is 0 Å². The van der Waals surface area contributed by atoms with Crippen molar-refractivity contribution in [3.05, 3.63) is 24.3 Å². The first-order chi connectivity index (χ1) is 8.31. The number of hydrogen-bond acceptors (Lipinski definition) is 5. The van der Waals surface area contributed by atoms with E-state index in [9.17, 15) is 0 Å². The lowest BCUT2D eigenvalue weighted by Gasteiger charge is -2.03. The van der Waals surface area contributed by atoms with E-state index in [2.05, 4.69) is 15.3 Å². The third kappa shape index (κ3) is 3.07. The molecular weight excluding hydrogens is 236 g/mol. The lowest BCUT2D eigenvalue weighted by atomic mass is 10.4. The van der Waals surface area contributed by atoms with E-state index in [4.69, 9.17) is 5.73 Å². The monoisotopic (exact) mass is 252 g/mol. The molecule has 2 aromatic heterocycles. The Labute approximate surface area is 104 Å². The van der Waals surface area contributed by atoms with Gasteiger partial charge >= 0.3 is 0 Å². The highest BCUT2D eigenvalue weighted by atomic mass is 32.2. The molecule has 7 heteroatoms. The zero-order valence-corrected chi connectivity index (χ0v) is 10.6. The predicted molar refractivity (Wildman–Crippen MR) is 66.7 cm³/mol. The molecule has 0 atom stereocenters. The number of aryl methyl sites for hydroxylation is 1. The minimum absolute atomic E-state index is 0.601. The standard InChI is InChI=1S/C10H16N6S/c1-15-9(3-4-11)13-14-10(15)17-8-7-16-6-2-5-12-16/h2,5-6H,3-4,7-8,11H2,1H3. The Balaban J connectivity index is 1.86. The molecule has 2 N–H and O–H groups in total. The molecule has 92 valence electrons. The third-order valence-corrected chi connectivity index (χ3v) is 3.40. The highest BCUT2D eigenvalue weighted by Crippen LogP contribution is 2.15. The van der Waals surface area contributed by atoms with Gasteiger partial charge in [-0.15, -0.1) is 10.2 Å². The molecule has 0 saturated heterocycles. The van der Waals surface area contributed by atoms with E-state index < -0.39 is 0 Å². The van der Waals surface area contributed by atoms with Crippen LogP contribution in [0, 0.1) is 0 Å². The molecule has 2 heterocycles. The fourth-order valence-electron chi connectivity index (χ4n) is 1.48. The highest BCUT2D eigenvalue weighted by Gasteiger charge is 2.07. The average molecular weight is 252 g/mol. The lowest BCUT2D eigenvalue weighted by molar-refractivity contribution is 0.663. The van der Waals surface area contributed by atoms with Crippen LogP contribution < -0.4 is 5.73 Å². The van der Waals surface area contributed by atoms with E-state index in [1.807, 2.05) is 28.6 Å². The first-order valence-corrected chi connectivity index (χ1v) is 6.48. The van der Waals surface area contributed by atoms with Gasteiger partial charge in [-0.05, 0) is 12.6 Å². The van der Waals surface area contributed by atoms with Gasteiger partial charge < -0.3 is 10.3 Å². The molecule has 0 aliphatic heterocycles. The van der Waals surface area contributed by atoms with E-state index in [1.54, 1.807) is 18.0 Å². The van der Waals surface area contributed by atoms with Gasteiger partial charge in [-0.1, -0.05) is 11.8 Å². The summed E-state index contributed by atoms with van der Waals surface area (Å²) in [5, 5.41) is 13.3. The highest BCUT2D eigenvalue weighted by molar-refractivity contribution is 7.99. The summed E-state index contributed by atoms with van der Waals surface area (Å²) in [6, 6.07) is 1.92. The number of rotatable bonds is 6. The molecule has 0 bridgehead atoms. The second kappa shape index (κ2) is 5.83. The molecule has 0 radical (unpaired) electrons. The van der Waals surface area contributed by atoms with Gasteiger partial charge in [0.1, 0.15) is 5.82 Å². The molecule has 2 rings (SSSR count). The van der Waals surface area contributed by atoms with Gasteiger partial charge in [-0.25, -0.2) is 0 Å². The molecule has 17 heavy (non-hydrogen) atoms. The van der Waals surface area contributed by atoms with E-state index >= 15 is 0 Å². The zero-order chi connectivity index (χ0) is 12.1. The van der Waals surface area contributed by atoms with Crippen molar-refractivity contribution in [2.75, 3.05) is 12.3 Å². The lowest BCUT2D eigenvalue weighted by Crippen LogP contribution is -2.08. The molecule has 2 aromatic rings. The van der Waals surface area contributed by atoms with Crippen LogP contribution in [0.15, 0.2) is 23.6 Å². The Morgan fingerprint density at radius 2 is 2.29 bits per heavy atom. The summed E-state index contributed by atoms with van der Waals surface area (Å²) >= 11 is 1.68. The molecular formula is C10H16N6S. The smallest absolute Gasteiger partial charge is 0.191 e. The van der Waals surface area contributed by atoms with Crippen molar-refractivity contribution >= 4 is 11.8 Å². The number of nitrogens with zero attached hydrogens (tertiary/aromatic N) is 5. The van der Waals surface area contributed by atoms with Crippen molar-refractivity contribution in [3.63, 3.8) is 0 Å². The summed E-state index contributed by atoms with van der Waals surface area (Å²) < 4.78 is 3.91. The molecule has 0 unspecified atom stereocenters. The van der Waals surface area contributed by atoms with Crippen LogP contribution in [0.1, 0.15) is 5.82 Å². The predicted octanol–water partition coefficient (Wildman–Crippen LogP) is 0.305. The van der Waals surface area contributed by atoms with Crippen molar-refractivity contribution in [2.45, 2.75) is 18.1 Å². The van der Waals surface area contributed by atoms with E-state index in [0.717, 1.165) is 29.7 Å². The minimum Gasteiger partial charge on any atom is -0.330 e. The Hall–Kier alpha value is -1.34.